The third-order valence-electron chi connectivity index (χ3n) is 5.27. The molecule has 2 N–H and O–H groups in total. The van der Waals surface area contributed by atoms with E-state index in [0.717, 1.165) is 4.90 Å². The predicted molar refractivity (Wildman–Crippen MR) is 118 cm³/mol. The summed E-state index contributed by atoms with van der Waals surface area (Å²) in [7, 11) is 3.28. The van der Waals surface area contributed by atoms with Crippen LogP contribution in [-0.2, 0) is 19.9 Å². The van der Waals surface area contributed by atoms with Gasteiger partial charge in [-0.05, 0) is 36.2 Å². The quantitative estimate of drug-likeness (QED) is 0.613. The largest absolute Gasteiger partial charge is 0.484 e. The molecule has 5 amide bonds. The number of benzene rings is 2. The average Bonchev–Trinajstić information content (AvgIpc) is 3.04. The van der Waals surface area contributed by atoms with Gasteiger partial charge in [-0.15, -0.1) is 0 Å². The van der Waals surface area contributed by atoms with Gasteiger partial charge in [0.05, 0.1) is 0 Å². The highest BCUT2D eigenvalue weighted by atomic mass is 16.5. The SMILES string of the molecule is CCC1(c2ccccc2)NC(=O)N(CC(=O)Nc2ccc(OCC(=O)N(C)C)cc2)C1=O. The Balaban J connectivity index is 1.62. The van der Waals surface area contributed by atoms with Crippen LogP contribution in [0.25, 0.3) is 0 Å². The van der Waals surface area contributed by atoms with Gasteiger partial charge >= 0.3 is 6.03 Å². The van der Waals surface area contributed by atoms with Gasteiger partial charge in [0.1, 0.15) is 17.8 Å². The molecule has 1 aliphatic heterocycles. The van der Waals surface area contributed by atoms with Crippen LogP contribution in [0.2, 0.25) is 0 Å². The molecule has 168 valence electrons. The normalized spacial score (nSPS) is 17.7. The Morgan fingerprint density at radius 1 is 1.06 bits per heavy atom. The molecule has 0 saturated carbocycles. The van der Waals surface area contributed by atoms with Gasteiger partial charge in [0.15, 0.2) is 6.61 Å². The molecule has 1 saturated heterocycles. The maximum atomic E-state index is 13.1. The van der Waals surface area contributed by atoms with Crippen molar-refractivity contribution in [2.45, 2.75) is 18.9 Å². The van der Waals surface area contributed by atoms with Crippen molar-refractivity contribution >= 4 is 29.4 Å². The molecule has 0 spiro atoms. The van der Waals surface area contributed by atoms with Crippen LogP contribution in [0.5, 0.6) is 5.75 Å². The van der Waals surface area contributed by atoms with E-state index in [0.29, 0.717) is 23.4 Å². The van der Waals surface area contributed by atoms with E-state index in [1.54, 1.807) is 62.6 Å². The van der Waals surface area contributed by atoms with E-state index in [9.17, 15) is 19.2 Å². The predicted octanol–water partition coefficient (Wildman–Crippen LogP) is 1.95. The second-order valence-electron chi connectivity index (χ2n) is 7.60. The zero-order valence-electron chi connectivity index (χ0n) is 18.3. The van der Waals surface area contributed by atoms with Crippen LogP contribution < -0.4 is 15.4 Å². The lowest BCUT2D eigenvalue weighted by Gasteiger charge is -2.25. The molecule has 2 aromatic carbocycles. The summed E-state index contributed by atoms with van der Waals surface area (Å²) >= 11 is 0. The Labute approximate surface area is 186 Å². The minimum atomic E-state index is -1.18. The fourth-order valence-electron chi connectivity index (χ4n) is 3.38. The molecule has 2 aromatic rings. The summed E-state index contributed by atoms with van der Waals surface area (Å²) in [6.45, 7) is 1.31. The first-order valence-corrected chi connectivity index (χ1v) is 10.2. The van der Waals surface area contributed by atoms with Gasteiger partial charge in [-0.2, -0.15) is 0 Å². The first-order valence-electron chi connectivity index (χ1n) is 10.2. The van der Waals surface area contributed by atoms with Crippen LogP contribution in [0.15, 0.2) is 54.6 Å². The van der Waals surface area contributed by atoms with Crippen molar-refractivity contribution < 1.29 is 23.9 Å². The van der Waals surface area contributed by atoms with Crippen LogP contribution in [0.4, 0.5) is 10.5 Å². The van der Waals surface area contributed by atoms with Gasteiger partial charge in [-0.25, -0.2) is 4.79 Å². The van der Waals surface area contributed by atoms with Gasteiger partial charge in [-0.1, -0.05) is 37.3 Å². The Morgan fingerprint density at radius 2 is 1.72 bits per heavy atom. The van der Waals surface area contributed by atoms with Crippen LogP contribution in [0, 0.1) is 0 Å². The van der Waals surface area contributed by atoms with Crippen LogP contribution in [-0.4, -0.2) is 60.8 Å². The zero-order chi connectivity index (χ0) is 23.3. The number of ether oxygens (including phenoxy) is 1. The van der Waals surface area contributed by atoms with Gasteiger partial charge < -0.3 is 20.3 Å². The van der Waals surface area contributed by atoms with Crippen molar-refractivity contribution in [3.05, 3.63) is 60.2 Å². The van der Waals surface area contributed by atoms with E-state index >= 15 is 0 Å². The number of hydrogen-bond donors (Lipinski definition) is 2. The van der Waals surface area contributed by atoms with E-state index < -0.39 is 29.9 Å². The molecule has 0 bridgehead atoms. The second kappa shape index (κ2) is 9.51. The van der Waals surface area contributed by atoms with Gasteiger partial charge in [0.2, 0.25) is 5.91 Å². The number of likely N-dealkylation sites (N-methyl/N-ethyl adjacent to an activating group) is 1. The number of hydrogen-bond acceptors (Lipinski definition) is 5. The van der Waals surface area contributed by atoms with Crippen molar-refractivity contribution in [2.24, 2.45) is 0 Å². The number of carbonyl (C=O) groups excluding carboxylic acids is 4. The molecule has 0 aromatic heterocycles. The average molecular weight is 438 g/mol. The molecular weight excluding hydrogens is 412 g/mol. The molecule has 9 heteroatoms. The lowest BCUT2D eigenvalue weighted by molar-refractivity contribution is -0.134. The monoisotopic (exact) mass is 438 g/mol. The van der Waals surface area contributed by atoms with Crippen molar-refractivity contribution in [3.8, 4) is 5.75 Å². The maximum Gasteiger partial charge on any atom is 0.325 e. The summed E-state index contributed by atoms with van der Waals surface area (Å²) < 4.78 is 5.39. The topological polar surface area (TPSA) is 108 Å². The molecule has 1 atom stereocenters. The molecule has 1 heterocycles. The molecule has 0 radical (unpaired) electrons. The van der Waals surface area contributed by atoms with Crippen LogP contribution >= 0.6 is 0 Å². The first kappa shape index (κ1) is 22.8. The summed E-state index contributed by atoms with van der Waals surface area (Å²) in [6.07, 6.45) is 0.359. The van der Waals surface area contributed by atoms with E-state index in [1.807, 2.05) is 13.0 Å². The fraction of sp³-hybridized carbons (Fsp3) is 0.304. The molecule has 1 fully saturated rings. The van der Waals surface area contributed by atoms with Gasteiger partial charge in [-0.3, -0.25) is 19.3 Å². The number of urea groups is 1. The molecular formula is C23H26N4O5. The fourth-order valence-corrected chi connectivity index (χ4v) is 3.38. The summed E-state index contributed by atoms with van der Waals surface area (Å²) in [6, 6.07) is 14.8. The lowest BCUT2D eigenvalue weighted by atomic mass is 9.87. The van der Waals surface area contributed by atoms with Gasteiger partial charge in [0.25, 0.3) is 11.8 Å². The standard InChI is InChI=1S/C23H26N4O5/c1-4-23(16-8-6-5-7-9-16)21(30)27(22(31)25-23)14-19(28)24-17-10-12-18(13-11-17)32-15-20(29)26(2)3/h5-13H,4,14-15H2,1-3H3,(H,24,28)(H,25,31). The molecule has 0 aliphatic carbocycles. The van der Waals surface area contributed by atoms with Crippen molar-refractivity contribution in [1.29, 1.82) is 0 Å². The Bertz CT molecular complexity index is 1010. The lowest BCUT2D eigenvalue weighted by Crippen LogP contribution is -2.44. The van der Waals surface area contributed by atoms with E-state index in [4.69, 9.17) is 4.74 Å². The van der Waals surface area contributed by atoms with Gasteiger partial charge in [0, 0.05) is 19.8 Å². The minimum Gasteiger partial charge on any atom is -0.484 e. The number of nitrogens with zero attached hydrogens (tertiary/aromatic N) is 2. The minimum absolute atomic E-state index is 0.0918. The molecule has 9 nitrogen and oxygen atoms in total. The Morgan fingerprint density at radius 3 is 2.31 bits per heavy atom. The van der Waals surface area contributed by atoms with E-state index in [-0.39, 0.29) is 12.5 Å². The molecule has 32 heavy (non-hydrogen) atoms. The van der Waals surface area contributed by atoms with Crippen molar-refractivity contribution in [1.82, 2.24) is 15.1 Å². The number of nitrogens with one attached hydrogen (secondary N) is 2. The van der Waals surface area contributed by atoms with Crippen molar-refractivity contribution in [2.75, 3.05) is 32.6 Å². The Kier molecular flexibility index (Phi) is 6.77. The first-order chi connectivity index (χ1) is 15.3. The van der Waals surface area contributed by atoms with Crippen LogP contribution in [0.1, 0.15) is 18.9 Å². The highest BCUT2D eigenvalue weighted by molar-refractivity contribution is 6.10. The Hall–Kier alpha value is -3.88. The zero-order valence-corrected chi connectivity index (χ0v) is 18.3. The molecule has 1 unspecified atom stereocenters. The smallest absolute Gasteiger partial charge is 0.325 e. The number of anilines is 1. The number of imide groups is 1. The maximum absolute atomic E-state index is 13.1. The third-order valence-corrected chi connectivity index (χ3v) is 5.27. The van der Waals surface area contributed by atoms with Crippen LogP contribution in [0.3, 0.4) is 0 Å². The second-order valence-corrected chi connectivity index (χ2v) is 7.60. The third kappa shape index (κ3) is 4.72. The van der Waals surface area contributed by atoms with E-state index in [2.05, 4.69) is 10.6 Å². The van der Waals surface area contributed by atoms with E-state index in [1.165, 1.54) is 4.90 Å². The summed E-state index contributed by atoms with van der Waals surface area (Å²) in [5, 5.41) is 5.41. The van der Waals surface area contributed by atoms with Crippen molar-refractivity contribution in [3.63, 3.8) is 0 Å². The molecule has 3 rings (SSSR count). The number of carbonyl (C=O) groups is 4. The summed E-state index contributed by atoms with van der Waals surface area (Å²) in [5.74, 6) is -0.664. The number of amides is 5. The highest BCUT2D eigenvalue weighted by Crippen LogP contribution is 2.32. The summed E-state index contributed by atoms with van der Waals surface area (Å²) in [4.78, 5) is 52.0. The number of rotatable bonds is 8. The summed E-state index contributed by atoms with van der Waals surface area (Å²) in [5.41, 5.74) is -0.0352. The highest BCUT2D eigenvalue weighted by Gasteiger charge is 2.51. The molecule has 1 aliphatic rings.